The van der Waals surface area contributed by atoms with Crippen molar-refractivity contribution in [3.8, 4) is 0 Å². The predicted molar refractivity (Wildman–Crippen MR) is 64.2 cm³/mol. The number of hydrogen-bond donors (Lipinski definition) is 2. The van der Waals surface area contributed by atoms with Gasteiger partial charge >= 0.3 is 0 Å². The average molecular weight is 208 g/mol. The van der Waals surface area contributed by atoms with Gasteiger partial charge in [0.1, 0.15) is 0 Å². The minimum absolute atomic E-state index is 0.758. The van der Waals surface area contributed by atoms with E-state index >= 15 is 0 Å². The number of nitrogens with zero attached hydrogens (tertiary/aromatic N) is 1. The fourth-order valence-corrected chi connectivity index (χ4v) is 2.09. The first kappa shape index (κ1) is 9.71. The van der Waals surface area contributed by atoms with Gasteiger partial charge in [0.15, 0.2) is 0 Å². The molecule has 0 spiro atoms. The van der Waals surface area contributed by atoms with Gasteiger partial charge in [-0.05, 0) is 37.5 Å². The molecule has 2 nitrogen and oxygen atoms in total. The van der Waals surface area contributed by atoms with Crippen molar-refractivity contribution >= 4 is 24.0 Å². The minimum Gasteiger partial charge on any atom is -0.398 e. The summed E-state index contributed by atoms with van der Waals surface area (Å²) in [4.78, 5) is 3.29. The molecule has 1 aliphatic heterocycles. The summed E-state index contributed by atoms with van der Waals surface area (Å²) >= 11 is 4.34. The number of thiol groups is 1. The molecule has 0 amide bonds. The molecule has 1 aliphatic rings. The average Bonchev–Trinajstić information content (AvgIpc) is 2.23. The normalized spacial score (nSPS) is 17.1. The molecule has 0 radical (unpaired) electrons. The molecule has 1 aromatic rings. The van der Waals surface area contributed by atoms with Crippen LogP contribution in [0.3, 0.4) is 0 Å². The Morgan fingerprint density at radius 1 is 1.14 bits per heavy atom. The number of benzene rings is 1. The van der Waals surface area contributed by atoms with E-state index in [1.807, 2.05) is 6.07 Å². The topological polar surface area (TPSA) is 29.3 Å². The molecule has 1 aromatic carbocycles. The van der Waals surface area contributed by atoms with Gasteiger partial charge in [-0.1, -0.05) is 0 Å². The largest absolute Gasteiger partial charge is 0.398 e. The van der Waals surface area contributed by atoms with Crippen LogP contribution in [0.5, 0.6) is 0 Å². The van der Waals surface area contributed by atoms with Gasteiger partial charge in [0.25, 0.3) is 0 Å². The summed E-state index contributed by atoms with van der Waals surface area (Å²) in [6.07, 6.45) is 3.96. The predicted octanol–water partition coefficient (Wildman–Crippen LogP) is 2.55. The second-order valence-electron chi connectivity index (χ2n) is 3.79. The van der Waals surface area contributed by atoms with Crippen molar-refractivity contribution in [2.75, 3.05) is 23.7 Å². The Morgan fingerprint density at radius 2 is 1.86 bits per heavy atom. The lowest BCUT2D eigenvalue weighted by molar-refractivity contribution is 0.577. The number of nitrogens with two attached hydrogens (primary N) is 1. The van der Waals surface area contributed by atoms with Crippen LogP contribution in [-0.4, -0.2) is 13.1 Å². The lowest BCUT2D eigenvalue weighted by atomic mass is 10.1. The number of rotatable bonds is 1. The Morgan fingerprint density at radius 3 is 2.50 bits per heavy atom. The molecule has 0 aromatic heterocycles. The number of nitrogen functional groups attached to an aromatic ring is 1. The summed E-state index contributed by atoms with van der Waals surface area (Å²) in [5.41, 5.74) is 7.74. The highest BCUT2D eigenvalue weighted by molar-refractivity contribution is 7.80. The van der Waals surface area contributed by atoms with Crippen molar-refractivity contribution in [3.63, 3.8) is 0 Å². The highest BCUT2D eigenvalue weighted by Crippen LogP contribution is 2.25. The number of anilines is 2. The van der Waals surface area contributed by atoms with E-state index in [0.717, 1.165) is 23.7 Å². The molecule has 1 saturated heterocycles. The van der Waals surface area contributed by atoms with Gasteiger partial charge in [-0.15, -0.1) is 12.6 Å². The minimum atomic E-state index is 0.758. The van der Waals surface area contributed by atoms with Gasteiger partial charge in [-0.2, -0.15) is 0 Å². The van der Waals surface area contributed by atoms with E-state index in [4.69, 9.17) is 5.73 Å². The highest BCUT2D eigenvalue weighted by Gasteiger charge is 2.11. The lowest BCUT2D eigenvalue weighted by Gasteiger charge is -2.29. The first-order valence-corrected chi connectivity index (χ1v) is 5.55. The zero-order valence-corrected chi connectivity index (χ0v) is 9.13. The molecule has 0 saturated carbocycles. The maximum absolute atomic E-state index is 5.72. The van der Waals surface area contributed by atoms with Gasteiger partial charge in [-0.3, -0.25) is 0 Å². The Labute approximate surface area is 90.5 Å². The molecule has 0 bridgehead atoms. The van der Waals surface area contributed by atoms with Gasteiger partial charge < -0.3 is 10.6 Å². The maximum atomic E-state index is 5.72. The second-order valence-corrected chi connectivity index (χ2v) is 4.27. The van der Waals surface area contributed by atoms with Crippen LogP contribution in [0.2, 0.25) is 0 Å². The SMILES string of the molecule is Nc1ccc(N2CCCCC2)cc1S. The van der Waals surface area contributed by atoms with E-state index in [2.05, 4.69) is 29.7 Å². The van der Waals surface area contributed by atoms with E-state index in [0.29, 0.717) is 0 Å². The van der Waals surface area contributed by atoms with Crippen LogP contribution in [0.25, 0.3) is 0 Å². The Bertz CT molecular complexity index is 319. The van der Waals surface area contributed by atoms with Crippen LogP contribution in [0.4, 0.5) is 11.4 Å². The zero-order valence-electron chi connectivity index (χ0n) is 8.24. The van der Waals surface area contributed by atoms with Gasteiger partial charge in [-0.25, -0.2) is 0 Å². The van der Waals surface area contributed by atoms with Crippen LogP contribution in [0, 0.1) is 0 Å². The third kappa shape index (κ3) is 1.98. The molecule has 14 heavy (non-hydrogen) atoms. The van der Waals surface area contributed by atoms with E-state index in [1.54, 1.807) is 0 Å². The molecule has 76 valence electrons. The van der Waals surface area contributed by atoms with Crippen LogP contribution in [0.1, 0.15) is 19.3 Å². The fraction of sp³-hybridized carbons (Fsp3) is 0.455. The Hall–Kier alpha value is -0.830. The van der Waals surface area contributed by atoms with Crippen LogP contribution >= 0.6 is 12.6 Å². The van der Waals surface area contributed by atoms with E-state index < -0.39 is 0 Å². The van der Waals surface area contributed by atoms with E-state index in [9.17, 15) is 0 Å². The van der Waals surface area contributed by atoms with Gasteiger partial charge in [0.05, 0.1) is 0 Å². The van der Waals surface area contributed by atoms with Crippen molar-refractivity contribution < 1.29 is 0 Å². The third-order valence-electron chi connectivity index (χ3n) is 2.74. The molecular formula is C11H16N2S. The van der Waals surface area contributed by atoms with E-state index in [-0.39, 0.29) is 0 Å². The van der Waals surface area contributed by atoms with Crippen molar-refractivity contribution in [1.29, 1.82) is 0 Å². The molecular weight excluding hydrogens is 192 g/mol. The highest BCUT2D eigenvalue weighted by atomic mass is 32.1. The fourth-order valence-electron chi connectivity index (χ4n) is 1.88. The summed E-state index contributed by atoms with van der Waals surface area (Å²) < 4.78 is 0. The summed E-state index contributed by atoms with van der Waals surface area (Å²) in [5.74, 6) is 0. The molecule has 2 rings (SSSR count). The van der Waals surface area contributed by atoms with Crippen molar-refractivity contribution in [3.05, 3.63) is 18.2 Å². The number of hydrogen-bond acceptors (Lipinski definition) is 3. The van der Waals surface area contributed by atoms with E-state index in [1.165, 1.54) is 24.9 Å². The molecule has 0 atom stereocenters. The molecule has 3 heteroatoms. The molecule has 2 N–H and O–H groups in total. The molecule has 1 heterocycles. The number of piperidine rings is 1. The Kier molecular flexibility index (Phi) is 2.87. The van der Waals surface area contributed by atoms with Crippen LogP contribution in [0.15, 0.2) is 23.1 Å². The lowest BCUT2D eigenvalue weighted by Crippen LogP contribution is -2.29. The monoisotopic (exact) mass is 208 g/mol. The molecule has 0 unspecified atom stereocenters. The van der Waals surface area contributed by atoms with Crippen molar-refractivity contribution in [2.45, 2.75) is 24.2 Å². The standard InChI is InChI=1S/C11H16N2S/c12-10-5-4-9(8-11(10)14)13-6-2-1-3-7-13/h4-5,8,14H,1-3,6-7,12H2. The quantitative estimate of drug-likeness (QED) is 0.548. The zero-order chi connectivity index (χ0) is 9.97. The first-order valence-electron chi connectivity index (χ1n) is 5.11. The van der Waals surface area contributed by atoms with Crippen molar-refractivity contribution in [1.82, 2.24) is 0 Å². The molecule has 0 aliphatic carbocycles. The molecule has 1 fully saturated rings. The summed E-state index contributed by atoms with van der Waals surface area (Å²) in [6, 6.07) is 6.08. The van der Waals surface area contributed by atoms with Crippen molar-refractivity contribution in [2.24, 2.45) is 0 Å². The second kappa shape index (κ2) is 4.13. The van der Waals surface area contributed by atoms with Gasteiger partial charge in [0.2, 0.25) is 0 Å². The Balaban J connectivity index is 2.18. The first-order chi connectivity index (χ1) is 6.77. The third-order valence-corrected chi connectivity index (χ3v) is 3.12. The summed E-state index contributed by atoms with van der Waals surface area (Å²) in [5, 5.41) is 0. The summed E-state index contributed by atoms with van der Waals surface area (Å²) in [7, 11) is 0. The smallest absolute Gasteiger partial charge is 0.0451 e. The van der Waals surface area contributed by atoms with Crippen LogP contribution < -0.4 is 10.6 Å². The summed E-state index contributed by atoms with van der Waals surface area (Å²) in [6.45, 7) is 2.33. The van der Waals surface area contributed by atoms with Gasteiger partial charge in [0, 0.05) is 29.4 Å². The maximum Gasteiger partial charge on any atom is 0.0451 e. The van der Waals surface area contributed by atoms with Crippen LogP contribution in [-0.2, 0) is 0 Å².